The van der Waals surface area contributed by atoms with E-state index >= 15 is 0 Å². The molecular formula is C13H14N4. The Morgan fingerprint density at radius 1 is 1.12 bits per heavy atom. The van der Waals surface area contributed by atoms with Crippen LogP contribution in [0.3, 0.4) is 0 Å². The van der Waals surface area contributed by atoms with Crippen LogP contribution in [0.1, 0.15) is 11.3 Å². The minimum absolute atomic E-state index is 0.582. The van der Waals surface area contributed by atoms with Crippen molar-refractivity contribution in [2.24, 2.45) is 5.73 Å². The molecule has 0 spiro atoms. The number of hydrogen-bond donors (Lipinski definition) is 1. The van der Waals surface area contributed by atoms with Crippen molar-refractivity contribution in [3.8, 4) is 0 Å². The molecule has 0 unspecified atom stereocenters. The third-order valence-corrected chi connectivity index (χ3v) is 2.81. The van der Waals surface area contributed by atoms with Gasteiger partial charge in [0.15, 0.2) is 0 Å². The van der Waals surface area contributed by atoms with Crippen LogP contribution in [0.15, 0.2) is 49.1 Å². The van der Waals surface area contributed by atoms with Gasteiger partial charge in [0, 0.05) is 31.3 Å². The van der Waals surface area contributed by atoms with Crippen LogP contribution in [0.25, 0.3) is 5.65 Å². The molecule has 0 radical (unpaired) electrons. The number of nitrogens with zero attached hydrogens (tertiary/aromatic N) is 3. The molecule has 3 aromatic heterocycles. The van der Waals surface area contributed by atoms with Crippen LogP contribution in [-0.2, 0) is 13.1 Å². The normalized spacial score (nSPS) is 11.1. The van der Waals surface area contributed by atoms with Crippen LogP contribution in [0.2, 0.25) is 0 Å². The molecule has 3 rings (SSSR count). The average Bonchev–Trinajstić information content (AvgIpc) is 2.94. The molecule has 17 heavy (non-hydrogen) atoms. The topological polar surface area (TPSA) is 48.2 Å². The highest BCUT2D eigenvalue weighted by Crippen LogP contribution is 2.08. The smallest absolute Gasteiger partial charge is 0.137 e. The lowest BCUT2D eigenvalue weighted by Crippen LogP contribution is -1.98. The van der Waals surface area contributed by atoms with Gasteiger partial charge in [-0.15, -0.1) is 0 Å². The first-order chi connectivity index (χ1) is 8.35. The van der Waals surface area contributed by atoms with Crippen LogP contribution in [0.4, 0.5) is 0 Å². The van der Waals surface area contributed by atoms with Crippen LogP contribution < -0.4 is 5.73 Å². The number of rotatable bonds is 3. The van der Waals surface area contributed by atoms with Gasteiger partial charge in [0.2, 0.25) is 0 Å². The fourth-order valence-corrected chi connectivity index (χ4v) is 1.96. The maximum absolute atomic E-state index is 5.58. The number of imidazole rings is 1. The van der Waals surface area contributed by atoms with Crippen molar-refractivity contribution in [3.63, 3.8) is 0 Å². The molecular weight excluding hydrogens is 212 g/mol. The quantitative estimate of drug-likeness (QED) is 0.738. The van der Waals surface area contributed by atoms with Crippen molar-refractivity contribution < 1.29 is 0 Å². The third-order valence-electron chi connectivity index (χ3n) is 2.81. The lowest BCUT2D eigenvalue weighted by Gasteiger charge is -1.97. The summed E-state index contributed by atoms with van der Waals surface area (Å²) in [5.41, 5.74) is 8.76. The Hall–Kier alpha value is -2.07. The van der Waals surface area contributed by atoms with E-state index in [2.05, 4.69) is 21.9 Å². The molecule has 3 heterocycles. The molecule has 0 aliphatic carbocycles. The summed E-state index contributed by atoms with van der Waals surface area (Å²) in [5, 5.41) is 0. The summed E-state index contributed by atoms with van der Waals surface area (Å²) >= 11 is 0. The lowest BCUT2D eigenvalue weighted by molar-refractivity contribution is 0.783. The molecule has 2 N–H and O–H groups in total. The largest absolute Gasteiger partial charge is 0.348 e. The average molecular weight is 226 g/mol. The van der Waals surface area contributed by atoms with Gasteiger partial charge in [0.1, 0.15) is 5.65 Å². The Labute approximate surface area is 99.3 Å². The zero-order valence-corrected chi connectivity index (χ0v) is 9.45. The minimum atomic E-state index is 0.582. The molecule has 0 fully saturated rings. The summed E-state index contributed by atoms with van der Waals surface area (Å²) in [6.45, 7) is 1.36. The number of aromatic nitrogens is 3. The zero-order valence-electron chi connectivity index (χ0n) is 9.45. The summed E-state index contributed by atoms with van der Waals surface area (Å²) in [6.07, 6.45) is 8.15. The van der Waals surface area contributed by atoms with Gasteiger partial charge in [-0.05, 0) is 23.8 Å². The predicted octanol–water partition coefficient (Wildman–Crippen LogP) is 1.64. The maximum atomic E-state index is 5.58. The first-order valence-electron chi connectivity index (χ1n) is 5.62. The van der Waals surface area contributed by atoms with Crippen LogP contribution in [0.5, 0.6) is 0 Å². The summed E-state index contributed by atoms with van der Waals surface area (Å²) in [4.78, 5) is 4.55. The Kier molecular flexibility index (Phi) is 2.42. The van der Waals surface area contributed by atoms with Crippen molar-refractivity contribution in [2.45, 2.75) is 13.1 Å². The van der Waals surface area contributed by atoms with Gasteiger partial charge in [-0.1, -0.05) is 6.07 Å². The summed E-state index contributed by atoms with van der Waals surface area (Å²) in [5.74, 6) is 0. The maximum Gasteiger partial charge on any atom is 0.137 e. The van der Waals surface area contributed by atoms with Gasteiger partial charge < -0.3 is 14.7 Å². The molecule has 0 aliphatic rings. The molecule has 0 saturated heterocycles. The number of hydrogen-bond acceptors (Lipinski definition) is 2. The molecule has 3 aromatic rings. The van der Waals surface area contributed by atoms with E-state index in [1.165, 1.54) is 0 Å². The minimum Gasteiger partial charge on any atom is -0.348 e. The monoisotopic (exact) mass is 226 g/mol. The number of pyridine rings is 1. The summed E-state index contributed by atoms with van der Waals surface area (Å²) in [6, 6.07) is 8.04. The van der Waals surface area contributed by atoms with Crippen molar-refractivity contribution in [3.05, 3.63) is 60.3 Å². The summed E-state index contributed by atoms with van der Waals surface area (Å²) in [7, 11) is 0. The van der Waals surface area contributed by atoms with E-state index in [-0.39, 0.29) is 0 Å². The highest BCUT2D eigenvalue weighted by atomic mass is 15.0. The van der Waals surface area contributed by atoms with Crippen LogP contribution in [-0.4, -0.2) is 14.0 Å². The fraction of sp³-hybridized carbons (Fsp3) is 0.154. The van der Waals surface area contributed by atoms with Crippen molar-refractivity contribution in [1.29, 1.82) is 0 Å². The Balaban J connectivity index is 1.89. The Morgan fingerprint density at radius 3 is 2.82 bits per heavy atom. The molecule has 0 amide bonds. The second-order valence-corrected chi connectivity index (χ2v) is 4.09. The highest BCUT2D eigenvalue weighted by molar-refractivity contribution is 5.39. The first-order valence-corrected chi connectivity index (χ1v) is 5.62. The highest BCUT2D eigenvalue weighted by Gasteiger charge is 2.02. The van der Waals surface area contributed by atoms with E-state index < -0.39 is 0 Å². The standard InChI is InChI=1S/C13H14N4/c14-7-11-4-6-16(8-11)9-12-10-17-5-2-1-3-13(17)15-12/h1-6,8,10H,7,9,14H2. The van der Waals surface area contributed by atoms with E-state index in [1.54, 1.807) is 0 Å². The fourth-order valence-electron chi connectivity index (χ4n) is 1.96. The number of nitrogens with two attached hydrogens (primary N) is 1. The van der Waals surface area contributed by atoms with Crippen molar-refractivity contribution in [2.75, 3.05) is 0 Å². The third kappa shape index (κ3) is 1.94. The Morgan fingerprint density at radius 2 is 2.06 bits per heavy atom. The molecule has 0 atom stereocenters. The predicted molar refractivity (Wildman–Crippen MR) is 66.6 cm³/mol. The molecule has 0 bridgehead atoms. The SMILES string of the molecule is NCc1ccn(Cc2cn3ccccc3n2)c1. The van der Waals surface area contributed by atoms with E-state index in [9.17, 15) is 0 Å². The molecule has 0 aliphatic heterocycles. The van der Waals surface area contributed by atoms with E-state index in [0.29, 0.717) is 6.54 Å². The van der Waals surface area contributed by atoms with E-state index in [1.807, 2.05) is 41.1 Å². The molecule has 86 valence electrons. The van der Waals surface area contributed by atoms with Crippen molar-refractivity contribution >= 4 is 5.65 Å². The van der Waals surface area contributed by atoms with Gasteiger partial charge in [-0.3, -0.25) is 0 Å². The van der Waals surface area contributed by atoms with Gasteiger partial charge in [0.25, 0.3) is 0 Å². The second-order valence-electron chi connectivity index (χ2n) is 4.09. The summed E-state index contributed by atoms with van der Waals surface area (Å²) < 4.78 is 4.13. The van der Waals surface area contributed by atoms with Gasteiger partial charge in [0.05, 0.1) is 12.2 Å². The van der Waals surface area contributed by atoms with Gasteiger partial charge in [-0.2, -0.15) is 0 Å². The number of fused-ring (bicyclic) bond motifs is 1. The van der Waals surface area contributed by atoms with E-state index in [4.69, 9.17) is 5.73 Å². The van der Waals surface area contributed by atoms with E-state index in [0.717, 1.165) is 23.4 Å². The van der Waals surface area contributed by atoms with Crippen LogP contribution >= 0.6 is 0 Å². The van der Waals surface area contributed by atoms with Gasteiger partial charge >= 0.3 is 0 Å². The molecule has 4 heteroatoms. The first kappa shape index (κ1) is 10.1. The zero-order chi connectivity index (χ0) is 11.7. The lowest BCUT2D eigenvalue weighted by atomic mass is 10.3. The molecule has 0 aromatic carbocycles. The molecule has 0 saturated carbocycles. The second kappa shape index (κ2) is 4.07. The van der Waals surface area contributed by atoms with Crippen LogP contribution in [0, 0.1) is 0 Å². The van der Waals surface area contributed by atoms with Gasteiger partial charge in [-0.25, -0.2) is 4.98 Å². The van der Waals surface area contributed by atoms with Crippen molar-refractivity contribution in [1.82, 2.24) is 14.0 Å². The molecule has 4 nitrogen and oxygen atoms in total. The Bertz CT molecular complexity index is 602.